The number of piperazine rings is 1. The number of carbonyl (C=O) groups is 1. The Kier molecular flexibility index (Phi) is 4.36. The van der Waals surface area contributed by atoms with E-state index >= 15 is 0 Å². The second-order valence-electron chi connectivity index (χ2n) is 5.09. The quantitative estimate of drug-likeness (QED) is 0.722. The number of hydrogen-bond acceptors (Lipinski definition) is 4. The monoisotopic (exact) mass is 241 g/mol. The molecule has 17 heavy (non-hydrogen) atoms. The summed E-state index contributed by atoms with van der Waals surface area (Å²) in [5.74, 6) is 0.130. The highest BCUT2D eigenvalue weighted by Gasteiger charge is 2.29. The maximum absolute atomic E-state index is 11.8. The van der Waals surface area contributed by atoms with Crippen molar-refractivity contribution in [3.63, 3.8) is 0 Å². The van der Waals surface area contributed by atoms with Gasteiger partial charge in [0.1, 0.15) is 6.61 Å². The van der Waals surface area contributed by atoms with E-state index in [2.05, 4.69) is 10.2 Å². The van der Waals surface area contributed by atoms with Gasteiger partial charge >= 0.3 is 0 Å². The van der Waals surface area contributed by atoms with Crippen LogP contribution in [0.15, 0.2) is 0 Å². The predicted molar refractivity (Wildman–Crippen MR) is 65.9 cm³/mol. The first-order valence-electron chi connectivity index (χ1n) is 6.51. The second-order valence-corrected chi connectivity index (χ2v) is 5.09. The Balaban J connectivity index is 1.68. The van der Waals surface area contributed by atoms with E-state index in [1.807, 2.05) is 18.7 Å². The van der Waals surface area contributed by atoms with Crippen LogP contribution in [-0.2, 0) is 9.53 Å². The van der Waals surface area contributed by atoms with Crippen LogP contribution in [0, 0.1) is 0 Å². The summed E-state index contributed by atoms with van der Waals surface area (Å²) < 4.78 is 5.35. The molecule has 2 aliphatic rings. The van der Waals surface area contributed by atoms with Crippen molar-refractivity contribution in [1.29, 1.82) is 0 Å². The van der Waals surface area contributed by atoms with Gasteiger partial charge in [-0.3, -0.25) is 9.69 Å². The van der Waals surface area contributed by atoms with Crippen LogP contribution in [0.3, 0.4) is 0 Å². The molecule has 0 aromatic carbocycles. The van der Waals surface area contributed by atoms with Crippen LogP contribution in [0.4, 0.5) is 0 Å². The van der Waals surface area contributed by atoms with Crippen LogP contribution in [-0.4, -0.2) is 73.7 Å². The van der Waals surface area contributed by atoms with E-state index in [0.717, 1.165) is 39.3 Å². The standard InChI is InChI=1S/C12H23N3O2/c1-10(2)17-9-12(16)15-5-3-14(4-6-15)11-7-13-8-11/h10-11,13H,3-9H2,1-2H3. The maximum Gasteiger partial charge on any atom is 0.248 e. The zero-order valence-corrected chi connectivity index (χ0v) is 10.8. The minimum Gasteiger partial charge on any atom is -0.369 e. The van der Waals surface area contributed by atoms with Gasteiger partial charge in [0.15, 0.2) is 0 Å². The van der Waals surface area contributed by atoms with Gasteiger partial charge in [0.05, 0.1) is 6.10 Å². The van der Waals surface area contributed by atoms with E-state index in [-0.39, 0.29) is 18.6 Å². The molecule has 5 nitrogen and oxygen atoms in total. The lowest BCUT2D eigenvalue weighted by molar-refractivity contribution is -0.139. The first-order chi connectivity index (χ1) is 8.16. The minimum atomic E-state index is 0.126. The Morgan fingerprint density at radius 1 is 1.29 bits per heavy atom. The Labute approximate surface area is 103 Å². The predicted octanol–water partition coefficient (Wildman–Crippen LogP) is -0.473. The third-order valence-corrected chi connectivity index (χ3v) is 3.48. The number of hydrogen-bond donors (Lipinski definition) is 1. The van der Waals surface area contributed by atoms with Crippen molar-refractivity contribution in [2.45, 2.75) is 26.0 Å². The number of carbonyl (C=O) groups excluding carboxylic acids is 1. The largest absolute Gasteiger partial charge is 0.369 e. The Bertz CT molecular complexity index is 258. The van der Waals surface area contributed by atoms with Crippen molar-refractivity contribution < 1.29 is 9.53 Å². The molecule has 0 atom stereocenters. The van der Waals surface area contributed by atoms with Crippen LogP contribution < -0.4 is 5.32 Å². The number of nitrogens with zero attached hydrogens (tertiary/aromatic N) is 2. The van der Waals surface area contributed by atoms with Crippen molar-refractivity contribution in [1.82, 2.24) is 15.1 Å². The van der Waals surface area contributed by atoms with Crippen LogP contribution >= 0.6 is 0 Å². The van der Waals surface area contributed by atoms with Crippen molar-refractivity contribution in [3.8, 4) is 0 Å². The summed E-state index contributed by atoms with van der Waals surface area (Å²) in [4.78, 5) is 16.2. The highest BCUT2D eigenvalue weighted by molar-refractivity contribution is 5.77. The molecule has 2 heterocycles. The minimum absolute atomic E-state index is 0.126. The van der Waals surface area contributed by atoms with Gasteiger partial charge in [-0.15, -0.1) is 0 Å². The third kappa shape index (κ3) is 3.40. The summed E-state index contributed by atoms with van der Waals surface area (Å²) in [6.45, 7) is 10.0. The topological polar surface area (TPSA) is 44.8 Å². The summed E-state index contributed by atoms with van der Waals surface area (Å²) in [5.41, 5.74) is 0. The second kappa shape index (κ2) is 5.80. The molecule has 98 valence electrons. The molecular formula is C12H23N3O2. The third-order valence-electron chi connectivity index (χ3n) is 3.48. The van der Waals surface area contributed by atoms with Gasteiger partial charge < -0.3 is 15.0 Å². The molecule has 1 amide bonds. The normalized spacial score (nSPS) is 22.9. The summed E-state index contributed by atoms with van der Waals surface area (Å²) in [6.07, 6.45) is 0.126. The number of nitrogens with one attached hydrogen (secondary N) is 1. The summed E-state index contributed by atoms with van der Waals surface area (Å²) in [5, 5.41) is 3.28. The molecule has 1 N–H and O–H groups in total. The van der Waals surface area contributed by atoms with Gasteiger partial charge in [-0.05, 0) is 13.8 Å². The fourth-order valence-electron chi connectivity index (χ4n) is 2.20. The van der Waals surface area contributed by atoms with Crippen molar-refractivity contribution in [3.05, 3.63) is 0 Å². The van der Waals surface area contributed by atoms with Gasteiger partial charge in [0, 0.05) is 45.3 Å². The Morgan fingerprint density at radius 3 is 2.41 bits per heavy atom. The SMILES string of the molecule is CC(C)OCC(=O)N1CCN(C2CNC2)CC1. The van der Waals surface area contributed by atoms with Gasteiger partial charge in [-0.25, -0.2) is 0 Å². The molecule has 0 spiro atoms. The van der Waals surface area contributed by atoms with Gasteiger partial charge in [-0.2, -0.15) is 0 Å². The number of rotatable bonds is 4. The summed E-state index contributed by atoms with van der Waals surface area (Å²) >= 11 is 0. The summed E-state index contributed by atoms with van der Waals surface area (Å²) in [7, 11) is 0. The van der Waals surface area contributed by atoms with E-state index in [1.54, 1.807) is 0 Å². The molecular weight excluding hydrogens is 218 g/mol. The fraction of sp³-hybridized carbons (Fsp3) is 0.917. The first-order valence-corrected chi connectivity index (χ1v) is 6.51. The van der Waals surface area contributed by atoms with Crippen molar-refractivity contribution >= 4 is 5.91 Å². The van der Waals surface area contributed by atoms with Gasteiger partial charge in [-0.1, -0.05) is 0 Å². The molecule has 2 aliphatic heterocycles. The molecule has 2 rings (SSSR count). The molecule has 0 bridgehead atoms. The van der Waals surface area contributed by atoms with Crippen molar-refractivity contribution in [2.75, 3.05) is 45.9 Å². The first kappa shape index (κ1) is 12.8. The van der Waals surface area contributed by atoms with E-state index in [9.17, 15) is 4.79 Å². The average molecular weight is 241 g/mol. The molecule has 0 saturated carbocycles. The fourth-order valence-corrected chi connectivity index (χ4v) is 2.20. The van der Waals surface area contributed by atoms with Crippen LogP contribution in [0.1, 0.15) is 13.8 Å². The average Bonchev–Trinajstić information content (AvgIpc) is 2.24. The molecule has 0 aromatic rings. The molecule has 0 aliphatic carbocycles. The molecule has 0 unspecified atom stereocenters. The van der Waals surface area contributed by atoms with E-state index in [4.69, 9.17) is 4.74 Å². The lowest BCUT2D eigenvalue weighted by atomic mass is 10.1. The van der Waals surface area contributed by atoms with E-state index in [0.29, 0.717) is 6.04 Å². The Morgan fingerprint density at radius 2 is 1.94 bits per heavy atom. The highest BCUT2D eigenvalue weighted by atomic mass is 16.5. The van der Waals surface area contributed by atoms with E-state index in [1.165, 1.54) is 0 Å². The molecule has 2 fully saturated rings. The lowest BCUT2D eigenvalue weighted by Crippen LogP contribution is -2.62. The van der Waals surface area contributed by atoms with E-state index < -0.39 is 0 Å². The zero-order valence-electron chi connectivity index (χ0n) is 10.8. The lowest BCUT2D eigenvalue weighted by Gasteiger charge is -2.43. The van der Waals surface area contributed by atoms with Crippen molar-refractivity contribution in [2.24, 2.45) is 0 Å². The van der Waals surface area contributed by atoms with Crippen LogP contribution in [0.5, 0.6) is 0 Å². The Hall–Kier alpha value is -0.650. The van der Waals surface area contributed by atoms with Gasteiger partial charge in [0.2, 0.25) is 5.91 Å². The smallest absolute Gasteiger partial charge is 0.248 e. The molecule has 0 radical (unpaired) electrons. The molecule has 5 heteroatoms. The maximum atomic E-state index is 11.8. The highest BCUT2D eigenvalue weighted by Crippen LogP contribution is 2.09. The molecule has 2 saturated heterocycles. The van der Waals surface area contributed by atoms with Crippen LogP contribution in [0.2, 0.25) is 0 Å². The summed E-state index contributed by atoms with van der Waals surface area (Å²) in [6, 6.07) is 0.694. The zero-order chi connectivity index (χ0) is 12.3. The number of ether oxygens (including phenoxy) is 1. The molecule has 0 aromatic heterocycles. The number of amides is 1. The van der Waals surface area contributed by atoms with Crippen LogP contribution in [0.25, 0.3) is 0 Å². The van der Waals surface area contributed by atoms with Gasteiger partial charge in [0.25, 0.3) is 0 Å².